The summed E-state index contributed by atoms with van der Waals surface area (Å²) in [5, 5.41) is 22.2. The summed E-state index contributed by atoms with van der Waals surface area (Å²) >= 11 is 0. The molecule has 0 radical (unpaired) electrons. The quantitative estimate of drug-likeness (QED) is 0.316. The predicted molar refractivity (Wildman–Crippen MR) is 138 cm³/mol. The molecule has 1 atom stereocenters. The van der Waals surface area contributed by atoms with Crippen molar-refractivity contribution in [3.63, 3.8) is 0 Å². The highest BCUT2D eigenvalue weighted by Crippen LogP contribution is 2.32. The second-order valence-electron chi connectivity index (χ2n) is 9.03. The van der Waals surface area contributed by atoms with Crippen LogP contribution in [0.15, 0.2) is 61.1 Å². The molecule has 1 fully saturated rings. The monoisotopic (exact) mass is 511 g/mol. The van der Waals surface area contributed by atoms with Crippen LogP contribution >= 0.6 is 0 Å². The molecule has 3 aromatic heterocycles. The molecule has 12 heteroatoms. The van der Waals surface area contributed by atoms with Crippen LogP contribution in [0.25, 0.3) is 16.6 Å². The fourth-order valence-corrected chi connectivity index (χ4v) is 4.77. The van der Waals surface area contributed by atoms with Crippen molar-refractivity contribution >= 4 is 28.5 Å². The van der Waals surface area contributed by atoms with Crippen LogP contribution in [0, 0.1) is 0 Å². The molecule has 1 unspecified atom stereocenters. The SMILES string of the molecule is COc1cc2[nH]ncc2cc1C(=O)Nc1cc(C2CCCCN2C(=O)c2ncn(-c3ccccc3)n2)[nH]n1. The molecule has 0 spiro atoms. The largest absolute Gasteiger partial charge is 0.496 e. The number of aromatic nitrogens is 7. The number of benzene rings is 2. The van der Waals surface area contributed by atoms with Gasteiger partial charge in [0, 0.05) is 24.1 Å². The molecule has 4 heterocycles. The summed E-state index contributed by atoms with van der Waals surface area (Å²) in [6.07, 6.45) is 5.79. The molecule has 0 bridgehead atoms. The number of nitrogens with one attached hydrogen (secondary N) is 3. The molecule has 0 saturated carbocycles. The van der Waals surface area contributed by atoms with Crippen molar-refractivity contribution in [2.24, 2.45) is 0 Å². The summed E-state index contributed by atoms with van der Waals surface area (Å²) in [6.45, 7) is 0.575. The van der Waals surface area contributed by atoms with Gasteiger partial charge in [-0.25, -0.2) is 9.67 Å². The number of para-hydroxylation sites is 1. The van der Waals surface area contributed by atoms with E-state index < -0.39 is 0 Å². The second-order valence-corrected chi connectivity index (χ2v) is 9.03. The Morgan fingerprint density at radius 1 is 1.11 bits per heavy atom. The highest BCUT2D eigenvalue weighted by atomic mass is 16.5. The number of rotatable bonds is 6. The van der Waals surface area contributed by atoms with Crippen molar-refractivity contribution < 1.29 is 14.3 Å². The van der Waals surface area contributed by atoms with E-state index in [9.17, 15) is 9.59 Å². The number of H-pyrrole nitrogens is 2. The molecule has 192 valence electrons. The van der Waals surface area contributed by atoms with Gasteiger partial charge < -0.3 is 15.0 Å². The van der Waals surface area contributed by atoms with Gasteiger partial charge in [-0.2, -0.15) is 10.2 Å². The Bertz CT molecular complexity index is 1600. The maximum atomic E-state index is 13.4. The van der Waals surface area contributed by atoms with Crippen LogP contribution in [0.5, 0.6) is 5.75 Å². The van der Waals surface area contributed by atoms with E-state index >= 15 is 0 Å². The van der Waals surface area contributed by atoms with Crippen molar-refractivity contribution in [2.45, 2.75) is 25.3 Å². The standard InChI is InChI=1S/C26H25N9O3/c1-38-22-12-19-16(14-28-30-19)11-18(22)25(36)29-23-13-20(31-32-23)21-9-5-6-10-34(21)26(37)24-27-15-35(33-24)17-7-3-2-4-8-17/h2-4,7-8,11-15,21H,5-6,9-10H2,1H3,(H,28,30)(H2,29,31,32,36). The molecule has 0 aliphatic carbocycles. The van der Waals surface area contributed by atoms with E-state index in [4.69, 9.17) is 4.74 Å². The lowest BCUT2D eigenvalue weighted by Crippen LogP contribution is -2.39. The van der Waals surface area contributed by atoms with E-state index in [0.29, 0.717) is 23.7 Å². The van der Waals surface area contributed by atoms with Gasteiger partial charge in [-0.3, -0.25) is 19.8 Å². The minimum atomic E-state index is -0.366. The smallest absolute Gasteiger partial charge is 0.294 e. The van der Waals surface area contributed by atoms with E-state index in [1.54, 1.807) is 40.3 Å². The Hall–Kier alpha value is -5.00. The number of nitrogens with zero attached hydrogens (tertiary/aromatic N) is 6. The molecule has 38 heavy (non-hydrogen) atoms. The number of hydrogen-bond acceptors (Lipinski definition) is 7. The number of methoxy groups -OCH3 is 1. The van der Waals surface area contributed by atoms with E-state index in [1.807, 2.05) is 30.3 Å². The third-order valence-corrected chi connectivity index (χ3v) is 6.67. The van der Waals surface area contributed by atoms with Crippen molar-refractivity contribution in [3.8, 4) is 11.4 Å². The number of aromatic amines is 2. The van der Waals surface area contributed by atoms with Gasteiger partial charge >= 0.3 is 0 Å². The molecule has 6 rings (SSSR count). The van der Waals surface area contributed by atoms with Gasteiger partial charge in [-0.15, -0.1) is 5.10 Å². The lowest BCUT2D eigenvalue weighted by molar-refractivity contribution is 0.0593. The minimum absolute atomic E-state index is 0.135. The number of likely N-dealkylation sites (tertiary alicyclic amines) is 1. The predicted octanol–water partition coefficient (Wildman–Crippen LogP) is 3.50. The van der Waals surface area contributed by atoms with Gasteiger partial charge in [0.1, 0.15) is 12.1 Å². The van der Waals surface area contributed by atoms with Gasteiger partial charge in [0.25, 0.3) is 11.8 Å². The Morgan fingerprint density at radius 2 is 1.97 bits per heavy atom. The van der Waals surface area contributed by atoms with E-state index in [-0.39, 0.29) is 23.7 Å². The number of piperidine rings is 1. The van der Waals surface area contributed by atoms with Crippen molar-refractivity contribution in [2.75, 3.05) is 19.0 Å². The lowest BCUT2D eigenvalue weighted by atomic mass is 9.99. The molecule has 1 saturated heterocycles. The first-order chi connectivity index (χ1) is 18.6. The first-order valence-corrected chi connectivity index (χ1v) is 12.3. The number of hydrogen-bond donors (Lipinski definition) is 3. The second kappa shape index (κ2) is 9.81. The lowest BCUT2D eigenvalue weighted by Gasteiger charge is -2.34. The number of anilines is 1. The molecule has 12 nitrogen and oxygen atoms in total. The number of fused-ring (bicyclic) bond motifs is 1. The maximum Gasteiger partial charge on any atom is 0.294 e. The third-order valence-electron chi connectivity index (χ3n) is 6.67. The fourth-order valence-electron chi connectivity index (χ4n) is 4.77. The third kappa shape index (κ3) is 4.36. The minimum Gasteiger partial charge on any atom is -0.496 e. The van der Waals surface area contributed by atoms with Gasteiger partial charge in [0.05, 0.1) is 41.8 Å². The number of carbonyl (C=O) groups is 2. The maximum absolute atomic E-state index is 13.4. The molecule has 1 aliphatic heterocycles. The Kier molecular flexibility index (Phi) is 6.04. The van der Waals surface area contributed by atoms with Crippen molar-refractivity contribution in [1.82, 2.24) is 40.1 Å². The Labute approximate surface area is 217 Å². The molecule has 5 aromatic rings. The van der Waals surface area contributed by atoms with Crippen LogP contribution in [0.2, 0.25) is 0 Å². The Morgan fingerprint density at radius 3 is 2.82 bits per heavy atom. The van der Waals surface area contributed by atoms with Gasteiger partial charge in [-0.05, 0) is 37.5 Å². The average molecular weight is 512 g/mol. The molecule has 3 N–H and O–H groups in total. The van der Waals surface area contributed by atoms with Crippen LogP contribution in [0.4, 0.5) is 5.82 Å². The summed E-state index contributed by atoms with van der Waals surface area (Å²) in [6, 6.07) is 14.5. The zero-order chi connectivity index (χ0) is 26.1. The molecular weight excluding hydrogens is 486 g/mol. The van der Waals surface area contributed by atoms with E-state index in [0.717, 1.165) is 41.5 Å². The summed E-state index contributed by atoms with van der Waals surface area (Å²) in [4.78, 5) is 32.5. The summed E-state index contributed by atoms with van der Waals surface area (Å²) in [5.41, 5.74) is 2.69. The summed E-state index contributed by atoms with van der Waals surface area (Å²) in [5.74, 6) is 0.291. The molecule has 2 aromatic carbocycles. The normalized spacial score (nSPS) is 15.5. The van der Waals surface area contributed by atoms with Gasteiger partial charge in [-0.1, -0.05) is 18.2 Å². The van der Waals surface area contributed by atoms with E-state index in [2.05, 4.69) is 35.8 Å². The first kappa shape index (κ1) is 23.4. The zero-order valence-electron chi connectivity index (χ0n) is 20.6. The summed E-state index contributed by atoms with van der Waals surface area (Å²) < 4.78 is 6.99. The zero-order valence-corrected chi connectivity index (χ0v) is 20.6. The van der Waals surface area contributed by atoms with E-state index in [1.165, 1.54) is 7.11 Å². The Balaban J connectivity index is 1.20. The topological polar surface area (TPSA) is 147 Å². The van der Waals surface area contributed by atoms with Crippen LogP contribution in [0.3, 0.4) is 0 Å². The van der Waals surface area contributed by atoms with Crippen LogP contribution in [-0.4, -0.2) is 65.5 Å². The number of amides is 2. The van der Waals surface area contributed by atoms with Crippen molar-refractivity contribution in [3.05, 3.63) is 78.1 Å². The number of carbonyl (C=O) groups excluding carboxylic acids is 2. The highest BCUT2D eigenvalue weighted by molar-refractivity contribution is 6.08. The number of ether oxygens (including phenoxy) is 1. The highest BCUT2D eigenvalue weighted by Gasteiger charge is 2.32. The fraction of sp³-hybridized carbons (Fsp3) is 0.231. The molecular formula is C26H25N9O3. The summed E-state index contributed by atoms with van der Waals surface area (Å²) in [7, 11) is 1.51. The average Bonchev–Trinajstić information content (AvgIpc) is 3.73. The van der Waals surface area contributed by atoms with Crippen LogP contribution in [-0.2, 0) is 0 Å². The van der Waals surface area contributed by atoms with Crippen molar-refractivity contribution in [1.29, 1.82) is 0 Å². The van der Waals surface area contributed by atoms with Gasteiger partial charge in [0.2, 0.25) is 5.82 Å². The molecule has 1 aliphatic rings. The van der Waals surface area contributed by atoms with Crippen LogP contribution in [0.1, 0.15) is 52.0 Å². The molecule has 2 amide bonds. The van der Waals surface area contributed by atoms with Crippen LogP contribution < -0.4 is 10.1 Å². The first-order valence-electron chi connectivity index (χ1n) is 12.3. The van der Waals surface area contributed by atoms with Gasteiger partial charge in [0.15, 0.2) is 5.82 Å².